The molecule has 2 heterocycles. The van der Waals surface area contributed by atoms with E-state index in [0.717, 1.165) is 12.8 Å². The van der Waals surface area contributed by atoms with Crippen molar-refractivity contribution < 1.29 is 9.90 Å². The Labute approximate surface area is 144 Å². The number of likely N-dealkylation sites (N-methyl/N-ethyl adjacent to an activating group) is 1. The molecule has 4 heteroatoms. The maximum absolute atomic E-state index is 11.4. The van der Waals surface area contributed by atoms with Crippen molar-refractivity contribution in [3.05, 3.63) is 35.5 Å². The van der Waals surface area contributed by atoms with Gasteiger partial charge >= 0.3 is 5.97 Å². The molecule has 0 spiro atoms. The summed E-state index contributed by atoms with van der Waals surface area (Å²) >= 11 is 0. The van der Waals surface area contributed by atoms with Crippen LogP contribution in [-0.4, -0.2) is 40.6 Å². The number of aliphatic carboxylic acids is 1. The third-order valence-corrected chi connectivity index (χ3v) is 5.07. The van der Waals surface area contributed by atoms with Gasteiger partial charge in [0.2, 0.25) is 0 Å². The molecule has 1 aliphatic carbocycles. The SMILES string of the molecule is CC.CC.CN1CC(C(=O)O)CC2c3cccc4[nH]cc(c34)CC21. The summed E-state index contributed by atoms with van der Waals surface area (Å²) in [5, 5.41) is 10.7. The molecule has 3 atom stereocenters. The lowest BCUT2D eigenvalue weighted by atomic mass is 9.72. The molecule has 0 bridgehead atoms. The molecule has 4 rings (SSSR count). The second kappa shape index (κ2) is 7.84. The zero-order valence-corrected chi connectivity index (χ0v) is 15.5. The van der Waals surface area contributed by atoms with Crippen LogP contribution in [0.25, 0.3) is 10.9 Å². The van der Waals surface area contributed by atoms with E-state index in [-0.39, 0.29) is 5.92 Å². The molecule has 24 heavy (non-hydrogen) atoms. The minimum Gasteiger partial charge on any atom is -0.481 e. The van der Waals surface area contributed by atoms with Crippen molar-refractivity contribution in [3.8, 4) is 0 Å². The molecule has 1 saturated heterocycles. The number of hydrogen-bond donors (Lipinski definition) is 2. The number of H-pyrrole nitrogens is 1. The van der Waals surface area contributed by atoms with Gasteiger partial charge in [0.1, 0.15) is 0 Å². The smallest absolute Gasteiger partial charge is 0.307 e. The molecule has 1 aromatic heterocycles. The number of likely N-dealkylation sites (tertiary alicyclic amines) is 1. The minimum atomic E-state index is -0.664. The second-order valence-electron chi connectivity index (χ2n) is 6.17. The number of rotatable bonds is 1. The number of carboxylic acids is 1. The topological polar surface area (TPSA) is 56.3 Å². The fourth-order valence-electron chi connectivity index (χ4n) is 4.12. The number of hydrogen-bond acceptors (Lipinski definition) is 2. The van der Waals surface area contributed by atoms with Crippen LogP contribution in [0, 0.1) is 5.92 Å². The summed E-state index contributed by atoms with van der Waals surface area (Å²) in [5.41, 5.74) is 3.88. The number of piperidine rings is 1. The molecule has 0 radical (unpaired) electrons. The predicted octanol–water partition coefficient (Wildman–Crippen LogP) is 4.26. The van der Waals surface area contributed by atoms with Crippen molar-refractivity contribution in [1.82, 2.24) is 9.88 Å². The predicted molar refractivity (Wildman–Crippen MR) is 99.6 cm³/mol. The third-order valence-electron chi connectivity index (χ3n) is 5.07. The van der Waals surface area contributed by atoms with E-state index < -0.39 is 5.97 Å². The first-order valence-corrected chi connectivity index (χ1v) is 9.17. The Bertz CT molecular complexity index is 692. The normalized spacial score (nSPS) is 25.0. The number of aromatic nitrogens is 1. The first-order valence-electron chi connectivity index (χ1n) is 9.17. The van der Waals surface area contributed by atoms with E-state index in [0.29, 0.717) is 18.5 Å². The Morgan fingerprint density at radius 2 is 1.96 bits per heavy atom. The molecule has 2 aromatic rings. The van der Waals surface area contributed by atoms with Crippen LogP contribution in [0.1, 0.15) is 51.2 Å². The lowest BCUT2D eigenvalue weighted by Gasteiger charge is -2.44. The van der Waals surface area contributed by atoms with Crippen LogP contribution in [0.5, 0.6) is 0 Å². The summed E-state index contributed by atoms with van der Waals surface area (Å²) in [6.45, 7) is 8.66. The van der Waals surface area contributed by atoms with Gasteiger partial charge in [0.15, 0.2) is 0 Å². The van der Waals surface area contributed by atoms with E-state index in [1.807, 2.05) is 27.7 Å². The number of nitrogens with one attached hydrogen (secondary N) is 1. The van der Waals surface area contributed by atoms with E-state index in [1.54, 1.807) is 0 Å². The number of carboxylic acid groups (broad SMARTS) is 1. The Morgan fingerprint density at radius 1 is 1.25 bits per heavy atom. The van der Waals surface area contributed by atoms with Gasteiger partial charge in [-0.2, -0.15) is 0 Å². The quantitative estimate of drug-likeness (QED) is 0.821. The molecule has 1 aromatic carbocycles. The number of carbonyl (C=O) groups is 1. The molecule has 0 saturated carbocycles. The summed E-state index contributed by atoms with van der Waals surface area (Å²) in [5.74, 6) is -0.582. The van der Waals surface area contributed by atoms with Crippen molar-refractivity contribution in [1.29, 1.82) is 0 Å². The molecular formula is C20H30N2O2. The average Bonchev–Trinajstić information content (AvgIpc) is 3.04. The van der Waals surface area contributed by atoms with Crippen molar-refractivity contribution in [3.63, 3.8) is 0 Å². The molecular weight excluding hydrogens is 300 g/mol. The van der Waals surface area contributed by atoms with Crippen LogP contribution < -0.4 is 0 Å². The minimum absolute atomic E-state index is 0.253. The van der Waals surface area contributed by atoms with Crippen molar-refractivity contribution in [2.75, 3.05) is 13.6 Å². The average molecular weight is 330 g/mol. The molecule has 132 valence electrons. The van der Waals surface area contributed by atoms with Gasteiger partial charge < -0.3 is 15.0 Å². The maximum atomic E-state index is 11.4. The zero-order valence-electron chi connectivity index (χ0n) is 15.5. The molecule has 2 aliphatic rings. The van der Waals surface area contributed by atoms with Crippen LogP contribution in [0.15, 0.2) is 24.4 Å². The van der Waals surface area contributed by atoms with Crippen LogP contribution in [0.2, 0.25) is 0 Å². The highest BCUT2D eigenvalue weighted by Crippen LogP contribution is 2.44. The standard InChI is InChI=1S/C16H18N2O2.2C2H6/c1-18-8-10(16(19)20)5-12-11-3-2-4-13-15(11)9(7-17-13)6-14(12)18;2*1-2/h2-4,7,10,12,14,17H,5-6,8H2,1H3,(H,19,20);2*1-2H3. The van der Waals surface area contributed by atoms with Gasteiger partial charge in [-0.25, -0.2) is 0 Å². The molecule has 4 nitrogen and oxygen atoms in total. The Morgan fingerprint density at radius 3 is 2.62 bits per heavy atom. The summed E-state index contributed by atoms with van der Waals surface area (Å²) in [7, 11) is 2.06. The Kier molecular flexibility index (Phi) is 6.05. The van der Waals surface area contributed by atoms with Gasteiger partial charge in [-0.05, 0) is 37.1 Å². The summed E-state index contributed by atoms with van der Waals surface area (Å²) in [6.07, 6.45) is 3.89. The number of nitrogens with zero attached hydrogens (tertiary/aromatic N) is 1. The van der Waals surface area contributed by atoms with Crippen LogP contribution in [0.4, 0.5) is 0 Å². The van der Waals surface area contributed by atoms with Crippen LogP contribution in [-0.2, 0) is 11.2 Å². The van der Waals surface area contributed by atoms with Gasteiger partial charge in [0.25, 0.3) is 0 Å². The molecule has 3 unspecified atom stereocenters. The summed E-state index contributed by atoms with van der Waals surface area (Å²) in [6, 6.07) is 6.78. The Balaban J connectivity index is 0.000000487. The fraction of sp³-hybridized carbons (Fsp3) is 0.550. The van der Waals surface area contributed by atoms with Gasteiger partial charge in [0, 0.05) is 35.6 Å². The number of benzene rings is 1. The second-order valence-corrected chi connectivity index (χ2v) is 6.17. The van der Waals surface area contributed by atoms with Crippen molar-refractivity contribution >= 4 is 16.9 Å². The highest BCUT2D eigenvalue weighted by molar-refractivity contribution is 5.88. The first-order chi connectivity index (χ1) is 11.6. The first kappa shape index (κ1) is 18.5. The fourth-order valence-corrected chi connectivity index (χ4v) is 4.12. The van der Waals surface area contributed by atoms with Crippen LogP contribution >= 0.6 is 0 Å². The molecule has 1 aliphatic heterocycles. The summed E-state index contributed by atoms with van der Waals surface area (Å²) < 4.78 is 0. The van der Waals surface area contributed by atoms with E-state index >= 15 is 0 Å². The zero-order chi connectivity index (χ0) is 17.9. The van der Waals surface area contributed by atoms with Gasteiger partial charge in [0.05, 0.1) is 5.92 Å². The highest BCUT2D eigenvalue weighted by Gasteiger charge is 2.41. The van der Waals surface area contributed by atoms with E-state index in [1.165, 1.54) is 22.0 Å². The van der Waals surface area contributed by atoms with Gasteiger partial charge in [-0.15, -0.1) is 0 Å². The third kappa shape index (κ3) is 3.07. The van der Waals surface area contributed by atoms with E-state index in [2.05, 4.69) is 41.3 Å². The molecule has 0 amide bonds. The monoisotopic (exact) mass is 330 g/mol. The highest BCUT2D eigenvalue weighted by atomic mass is 16.4. The van der Waals surface area contributed by atoms with Gasteiger partial charge in [-0.3, -0.25) is 4.79 Å². The lowest BCUT2D eigenvalue weighted by Crippen LogP contribution is -2.49. The largest absolute Gasteiger partial charge is 0.481 e. The van der Waals surface area contributed by atoms with Crippen molar-refractivity contribution in [2.24, 2.45) is 5.92 Å². The number of aromatic amines is 1. The van der Waals surface area contributed by atoms with Crippen LogP contribution in [0.3, 0.4) is 0 Å². The lowest BCUT2D eigenvalue weighted by molar-refractivity contribution is -0.144. The maximum Gasteiger partial charge on any atom is 0.307 e. The van der Waals surface area contributed by atoms with Crippen molar-refractivity contribution in [2.45, 2.75) is 52.5 Å². The Hall–Kier alpha value is -1.81. The molecule has 2 N–H and O–H groups in total. The van der Waals surface area contributed by atoms with E-state index in [9.17, 15) is 9.90 Å². The van der Waals surface area contributed by atoms with Gasteiger partial charge in [-0.1, -0.05) is 39.8 Å². The summed E-state index contributed by atoms with van der Waals surface area (Å²) in [4.78, 5) is 17.0. The van der Waals surface area contributed by atoms with E-state index in [4.69, 9.17) is 0 Å². The number of fused-ring (bicyclic) bond motifs is 2. The molecule has 1 fully saturated rings.